The predicted molar refractivity (Wildman–Crippen MR) is 116 cm³/mol. The van der Waals surface area contributed by atoms with Crippen molar-refractivity contribution in [3.05, 3.63) is 71.5 Å². The Morgan fingerprint density at radius 3 is 2.77 bits per heavy atom. The summed E-state index contributed by atoms with van der Waals surface area (Å²) in [6.07, 6.45) is 2.65. The van der Waals surface area contributed by atoms with E-state index >= 15 is 0 Å². The number of hydrazine groups is 2. The smallest absolute Gasteiger partial charge is 0.258 e. The lowest BCUT2D eigenvalue weighted by molar-refractivity contribution is 0.102. The highest BCUT2D eigenvalue weighted by Crippen LogP contribution is 2.28. The van der Waals surface area contributed by atoms with Gasteiger partial charge in [-0.15, -0.1) is 5.53 Å². The molecule has 5 rings (SSSR count). The summed E-state index contributed by atoms with van der Waals surface area (Å²) in [5, 5.41) is 2.75. The maximum atomic E-state index is 14.4. The van der Waals surface area contributed by atoms with E-state index < -0.39 is 11.7 Å². The minimum absolute atomic E-state index is 0. The molecule has 2 aromatic carbocycles. The zero-order valence-electron chi connectivity index (χ0n) is 16.0. The first-order valence-electron chi connectivity index (χ1n) is 9.75. The van der Waals surface area contributed by atoms with Crippen molar-refractivity contribution in [2.45, 2.75) is 25.6 Å². The number of pyridine rings is 1. The van der Waals surface area contributed by atoms with Gasteiger partial charge in [0.25, 0.3) is 5.91 Å². The Labute approximate surface area is 175 Å². The molecule has 1 fully saturated rings. The molecule has 0 bridgehead atoms. The number of benzene rings is 2. The van der Waals surface area contributed by atoms with Gasteiger partial charge in [0.15, 0.2) is 5.82 Å². The number of nitrogens with one attached hydrogen (secondary N) is 4. The van der Waals surface area contributed by atoms with Crippen molar-refractivity contribution in [2.75, 3.05) is 16.2 Å². The molecule has 1 aromatic heterocycles. The fourth-order valence-electron chi connectivity index (χ4n) is 3.16. The average molecular weight is 409 g/mol. The third kappa shape index (κ3) is 3.96. The van der Waals surface area contributed by atoms with Crippen LogP contribution >= 0.6 is 0 Å². The van der Waals surface area contributed by atoms with Gasteiger partial charge >= 0.3 is 0 Å². The molecule has 0 saturated heterocycles. The second-order valence-electron chi connectivity index (χ2n) is 7.32. The van der Waals surface area contributed by atoms with E-state index in [4.69, 9.17) is 4.74 Å². The van der Waals surface area contributed by atoms with Crippen LogP contribution in [0.1, 0.15) is 31.6 Å². The topological polar surface area (TPSA) is 87.3 Å². The van der Waals surface area contributed by atoms with Gasteiger partial charge in [-0.05, 0) is 60.9 Å². The summed E-state index contributed by atoms with van der Waals surface area (Å²) in [6, 6.07) is 15.4. The lowest BCUT2D eigenvalue weighted by atomic mass is 10.1. The molecular weight excluding hydrogens is 385 g/mol. The lowest BCUT2D eigenvalue weighted by Gasteiger charge is -2.10. The first-order chi connectivity index (χ1) is 14.7. The van der Waals surface area contributed by atoms with Crippen molar-refractivity contribution in [1.82, 2.24) is 10.5 Å². The third-order valence-corrected chi connectivity index (χ3v) is 5.00. The molecule has 1 amide bonds. The van der Waals surface area contributed by atoms with Crippen LogP contribution in [-0.2, 0) is 11.3 Å². The van der Waals surface area contributed by atoms with Crippen LogP contribution in [0.3, 0.4) is 0 Å². The average Bonchev–Trinajstić information content (AvgIpc) is 3.48. The largest absolute Gasteiger partial charge is 0.374 e. The molecule has 0 atom stereocenters. The fraction of sp³-hybridized carbons (Fsp3) is 0.182. The van der Waals surface area contributed by atoms with Crippen molar-refractivity contribution in [1.29, 1.82) is 0 Å². The van der Waals surface area contributed by atoms with Crippen LogP contribution in [0.5, 0.6) is 0 Å². The summed E-state index contributed by atoms with van der Waals surface area (Å²) in [4.78, 5) is 17.2. The van der Waals surface area contributed by atoms with Gasteiger partial charge < -0.3 is 15.5 Å². The highest BCUT2D eigenvalue weighted by molar-refractivity contribution is 6.05. The van der Waals surface area contributed by atoms with Gasteiger partial charge in [0.1, 0.15) is 5.82 Å². The molecule has 0 unspecified atom stereocenters. The molecule has 0 radical (unpaired) electrons. The molecule has 2 heterocycles. The van der Waals surface area contributed by atoms with Crippen LogP contribution in [0.4, 0.5) is 21.6 Å². The van der Waals surface area contributed by atoms with Crippen LogP contribution in [0, 0.1) is 5.82 Å². The van der Waals surface area contributed by atoms with Crippen molar-refractivity contribution in [3.8, 4) is 11.3 Å². The van der Waals surface area contributed by atoms with Gasteiger partial charge in [0, 0.05) is 14.1 Å². The highest BCUT2D eigenvalue weighted by Gasteiger charge is 2.22. The standard InChI is InChI=1S/C22H20FN5O2.2H2/c23-18-8-3-14(19-9-10-20-21(25-19)27-28-26-20)11-17(18)22(29)24-15-4-1-13(2-5-15)12-30-16-6-7-16;;/h1-5,8-11,16,26,28H,6-7,12H2,(H,24,29)(H,25,27);2*1H. The monoisotopic (exact) mass is 409 g/mol. The molecule has 1 saturated carbocycles. The third-order valence-electron chi connectivity index (χ3n) is 5.00. The van der Waals surface area contributed by atoms with Crippen LogP contribution < -0.4 is 21.7 Å². The quantitative estimate of drug-likeness (QED) is 0.477. The molecule has 8 heteroatoms. The van der Waals surface area contributed by atoms with E-state index in [1.807, 2.05) is 18.2 Å². The first-order valence-corrected chi connectivity index (χ1v) is 9.75. The minimum atomic E-state index is -0.590. The number of fused-ring (bicyclic) bond motifs is 1. The fourth-order valence-corrected chi connectivity index (χ4v) is 3.16. The van der Waals surface area contributed by atoms with E-state index in [0.717, 1.165) is 24.1 Å². The van der Waals surface area contributed by atoms with E-state index in [1.54, 1.807) is 24.3 Å². The first kappa shape index (κ1) is 18.5. The Morgan fingerprint density at radius 1 is 1.13 bits per heavy atom. The van der Waals surface area contributed by atoms with Crippen molar-refractivity contribution in [3.63, 3.8) is 0 Å². The van der Waals surface area contributed by atoms with Crippen LogP contribution in [0.25, 0.3) is 11.3 Å². The summed E-state index contributed by atoms with van der Waals surface area (Å²) in [7, 11) is 0. The zero-order valence-corrected chi connectivity index (χ0v) is 16.0. The lowest BCUT2D eigenvalue weighted by Crippen LogP contribution is -2.19. The van der Waals surface area contributed by atoms with Gasteiger partial charge in [0.05, 0.1) is 29.7 Å². The molecule has 156 valence electrons. The molecule has 1 aliphatic carbocycles. The summed E-state index contributed by atoms with van der Waals surface area (Å²) >= 11 is 0. The minimum Gasteiger partial charge on any atom is -0.374 e. The summed E-state index contributed by atoms with van der Waals surface area (Å²) in [6.45, 7) is 0.559. The number of hydrogen-bond donors (Lipinski definition) is 4. The molecule has 1 aliphatic heterocycles. The van der Waals surface area contributed by atoms with Crippen molar-refractivity contribution in [2.24, 2.45) is 0 Å². The Kier molecular flexibility index (Phi) is 4.78. The Hall–Kier alpha value is -3.49. The van der Waals surface area contributed by atoms with E-state index in [2.05, 4.69) is 26.7 Å². The second-order valence-corrected chi connectivity index (χ2v) is 7.32. The summed E-state index contributed by atoms with van der Waals surface area (Å²) in [5.74, 6) is -0.471. The molecule has 3 aromatic rings. The predicted octanol–water partition coefficient (Wildman–Crippen LogP) is 4.57. The van der Waals surface area contributed by atoms with E-state index in [-0.39, 0.29) is 8.42 Å². The zero-order chi connectivity index (χ0) is 20.5. The number of hydrogen-bond acceptors (Lipinski definition) is 6. The van der Waals surface area contributed by atoms with Gasteiger partial charge in [-0.3, -0.25) is 10.2 Å². The van der Waals surface area contributed by atoms with Crippen LogP contribution in [-0.4, -0.2) is 17.0 Å². The number of nitrogens with zero attached hydrogens (tertiary/aromatic N) is 1. The number of amides is 1. The van der Waals surface area contributed by atoms with Crippen LogP contribution in [0.15, 0.2) is 54.6 Å². The number of carbonyl (C=O) groups excluding carboxylic acids is 1. The normalized spacial score (nSPS) is 14.6. The van der Waals surface area contributed by atoms with E-state index in [9.17, 15) is 9.18 Å². The maximum Gasteiger partial charge on any atom is 0.258 e. The second kappa shape index (κ2) is 7.74. The highest BCUT2D eigenvalue weighted by atomic mass is 19.1. The number of aromatic nitrogens is 1. The Balaban J connectivity index is 0.00000144. The van der Waals surface area contributed by atoms with Gasteiger partial charge in [-0.2, -0.15) is 0 Å². The number of ether oxygens (including phenoxy) is 1. The number of halogens is 1. The molecule has 0 spiro atoms. The Morgan fingerprint density at radius 2 is 1.97 bits per heavy atom. The maximum absolute atomic E-state index is 14.4. The molecular formula is C22H24FN5O2. The van der Waals surface area contributed by atoms with Crippen molar-refractivity contribution >= 4 is 23.1 Å². The number of anilines is 3. The Bertz CT molecular complexity index is 1110. The van der Waals surface area contributed by atoms with Gasteiger partial charge in [-0.1, -0.05) is 12.1 Å². The van der Waals surface area contributed by atoms with Crippen LogP contribution in [0.2, 0.25) is 0 Å². The van der Waals surface area contributed by atoms with E-state index in [1.165, 1.54) is 12.1 Å². The van der Waals surface area contributed by atoms with Crippen molar-refractivity contribution < 1.29 is 16.8 Å². The number of carbonyl (C=O) groups is 1. The SMILES string of the molecule is O=C(Nc1ccc(COC2CC2)cc1)c1cc(-c2ccc3c(n2)NNN3)ccc1F.[HH].[HH]. The van der Waals surface area contributed by atoms with Gasteiger partial charge in [0.2, 0.25) is 0 Å². The molecule has 30 heavy (non-hydrogen) atoms. The van der Waals surface area contributed by atoms with Gasteiger partial charge in [-0.25, -0.2) is 9.37 Å². The van der Waals surface area contributed by atoms with E-state index in [0.29, 0.717) is 35.5 Å². The molecule has 7 nitrogen and oxygen atoms in total. The molecule has 2 aliphatic rings. The number of rotatable bonds is 6. The summed E-state index contributed by atoms with van der Waals surface area (Å²) in [5.41, 5.74) is 12.2. The summed E-state index contributed by atoms with van der Waals surface area (Å²) < 4.78 is 20.0. The molecule has 4 N–H and O–H groups in total.